The molecule has 0 aliphatic heterocycles. The summed E-state index contributed by atoms with van der Waals surface area (Å²) in [4.78, 5) is 19.8. The summed E-state index contributed by atoms with van der Waals surface area (Å²) in [5.74, 6) is -0.370. The fourth-order valence-electron chi connectivity index (χ4n) is 1.68. The molecule has 2 heterocycles. The summed E-state index contributed by atoms with van der Waals surface area (Å²) in [7, 11) is 0. The van der Waals surface area contributed by atoms with E-state index in [2.05, 4.69) is 9.97 Å². The summed E-state index contributed by atoms with van der Waals surface area (Å²) in [6.07, 6.45) is 8.26. The minimum absolute atomic E-state index is 0.350. The molecule has 0 spiro atoms. The van der Waals surface area contributed by atoms with E-state index in [9.17, 15) is 4.79 Å². The molecule has 0 unspecified atom stereocenters. The van der Waals surface area contributed by atoms with Crippen LogP contribution in [0.2, 0.25) is 0 Å². The standard InChI is InChI=1S/C15H14N2O2/c1-2-19-15(18)9-14(12-5-3-7-16-10-12)13-6-4-8-17-11-13/h3-11H,2H2,1H3. The zero-order valence-corrected chi connectivity index (χ0v) is 10.6. The SMILES string of the molecule is CCOC(=O)C=C(c1cccnc1)c1cccnc1. The van der Waals surface area contributed by atoms with Crippen LogP contribution in [0.3, 0.4) is 0 Å². The largest absolute Gasteiger partial charge is 0.463 e. The van der Waals surface area contributed by atoms with Crippen molar-refractivity contribution < 1.29 is 9.53 Å². The van der Waals surface area contributed by atoms with Crippen molar-refractivity contribution >= 4 is 11.5 Å². The highest BCUT2D eigenvalue weighted by atomic mass is 16.5. The molecule has 4 heteroatoms. The molecule has 0 saturated heterocycles. The van der Waals surface area contributed by atoms with E-state index >= 15 is 0 Å². The number of nitrogens with zero attached hydrogens (tertiary/aromatic N) is 2. The van der Waals surface area contributed by atoms with Gasteiger partial charge in [-0.05, 0) is 24.6 Å². The Hall–Kier alpha value is -2.49. The lowest BCUT2D eigenvalue weighted by molar-refractivity contribution is -0.137. The third-order valence-electron chi connectivity index (χ3n) is 2.49. The molecule has 2 aromatic heterocycles. The van der Waals surface area contributed by atoms with Gasteiger partial charge in [-0.1, -0.05) is 12.1 Å². The second kappa shape index (κ2) is 6.44. The number of hydrogen-bond donors (Lipinski definition) is 0. The van der Waals surface area contributed by atoms with E-state index in [1.807, 2.05) is 24.3 Å². The van der Waals surface area contributed by atoms with Gasteiger partial charge in [-0.3, -0.25) is 9.97 Å². The van der Waals surface area contributed by atoms with Crippen LogP contribution in [0.1, 0.15) is 18.1 Å². The van der Waals surface area contributed by atoms with Crippen LogP contribution in [0.5, 0.6) is 0 Å². The second-order valence-corrected chi connectivity index (χ2v) is 3.79. The molecule has 0 aromatic carbocycles. The van der Waals surface area contributed by atoms with Crippen LogP contribution in [0, 0.1) is 0 Å². The summed E-state index contributed by atoms with van der Waals surface area (Å²) < 4.78 is 4.96. The van der Waals surface area contributed by atoms with E-state index in [1.54, 1.807) is 31.7 Å². The molecular weight excluding hydrogens is 240 g/mol. The normalized spacial score (nSPS) is 9.74. The number of aromatic nitrogens is 2. The van der Waals surface area contributed by atoms with Gasteiger partial charge in [0.15, 0.2) is 0 Å². The van der Waals surface area contributed by atoms with Crippen molar-refractivity contribution in [3.8, 4) is 0 Å². The zero-order chi connectivity index (χ0) is 13.5. The first-order valence-electron chi connectivity index (χ1n) is 6.00. The quantitative estimate of drug-likeness (QED) is 0.621. The van der Waals surface area contributed by atoms with Crippen molar-refractivity contribution in [2.45, 2.75) is 6.92 Å². The van der Waals surface area contributed by atoms with Crippen LogP contribution in [0.25, 0.3) is 5.57 Å². The van der Waals surface area contributed by atoms with Crippen LogP contribution in [0.4, 0.5) is 0 Å². The Morgan fingerprint density at radius 3 is 2.16 bits per heavy atom. The smallest absolute Gasteiger partial charge is 0.331 e. The zero-order valence-electron chi connectivity index (χ0n) is 10.6. The lowest BCUT2D eigenvalue weighted by Gasteiger charge is -2.07. The van der Waals surface area contributed by atoms with Gasteiger partial charge in [0, 0.05) is 42.0 Å². The van der Waals surface area contributed by atoms with E-state index in [-0.39, 0.29) is 5.97 Å². The summed E-state index contributed by atoms with van der Waals surface area (Å²) in [6.45, 7) is 2.13. The number of pyridine rings is 2. The fraction of sp³-hybridized carbons (Fsp3) is 0.133. The molecule has 0 N–H and O–H groups in total. The van der Waals surface area contributed by atoms with E-state index < -0.39 is 0 Å². The van der Waals surface area contributed by atoms with Gasteiger partial charge < -0.3 is 4.74 Å². The first-order chi connectivity index (χ1) is 9.31. The molecule has 0 radical (unpaired) electrons. The first-order valence-corrected chi connectivity index (χ1v) is 6.00. The van der Waals surface area contributed by atoms with Crippen molar-refractivity contribution in [2.75, 3.05) is 6.61 Å². The summed E-state index contributed by atoms with van der Waals surface area (Å²) in [5, 5.41) is 0. The third-order valence-corrected chi connectivity index (χ3v) is 2.49. The number of hydrogen-bond acceptors (Lipinski definition) is 4. The minimum atomic E-state index is -0.370. The van der Waals surface area contributed by atoms with Gasteiger partial charge in [0.1, 0.15) is 0 Å². The third kappa shape index (κ3) is 3.48. The Morgan fingerprint density at radius 2 is 1.74 bits per heavy atom. The molecule has 2 rings (SSSR count). The van der Waals surface area contributed by atoms with Gasteiger partial charge in [-0.2, -0.15) is 0 Å². The number of esters is 1. The fourth-order valence-corrected chi connectivity index (χ4v) is 1.68. The maximum absolute atomic E-state index is 11.7. The number of ether oxygens (including phenoxy) is 1. The van der Waals surface area contributed by atoms with Gasteiger partial charge in [0.05, 0.1) is 6.61 Å². The molecule has 0 bridgehead atoms. The van der Waals surface area contributed by atoms with Gasteiger partial charge in [-0.15, -0.1) is 0 Å². The van der Waals surface area contributed by atoms with Gasteiger partial charge in [-0.25, -0.2) is 4.79 Å². The number of carbonyl (C=O) groups is 1. The maximum atomic E-state index is 11.7. The average Bonchev–Trinajstić information content (AvgIpc) is 2.47. The van der Waals surface area contributed by atoms with Gasteiger partial charge in [0.25, 0.3) is 0 Å². The highest BCUT2D eigenvalue weighted by Crippen LogP contribution is 2.21. The topological polar surface area (TPSA) is 52.1 Å². The monoisotopic (exact) mass is 254 g/mol. The summed E-state index contributed by atoms with van der Waals surface area (Å²) in [6, 6.07) is 7.44. The molecule has 0 aliphatic carbocycles. The molecule has 19 heavy (non-hydrogen) atoms. The van der Waals surface area contributed by atoms with Crippen LogP contribution >= 0.6 is 0 Å². The van der Waals surface area contributed by atoms with Gasteiger partial charge in [0.2, 0.25) is 0 Å². The van der Waals surface area contributed by atoms with Crippen LogP contribution in [-0.2, 0) is 9.53 Å². The predicted octanol–water partition coefficient (Wildman–Crippen LogP) is 2.47. The maximum Gasteiger partial charge on any atom is 0.331 e. The van der Waals surface area contributed by atoms with Crippen molar-refractivity contribution in [2.24, 2.45) is 0 Å². The highest BCUT2D eigenvalue weighted by molar-refractivity contribution is 5.96. The van der Waals surface area contributed by atoms with Crippen LogP contribution < -0.4 is 0 Å². The molecule has 0 atom stereocenters. The van der Waals surface area contributed by atoms with Crippen molar-refractivity contribution in [3.63, 3.8) is 0 Å². The molecule has 96 valence electrons. The Morgan fingerprint density at radius 1 is 1.16 bits per heavy atom. The lowest BCUT2D eigenvalue weighted by atomic mass is 10.0. The molecule has 0 aliphatic rings. The van der Waals surface area contributed by atoms with Crippen molar-refractivity contribution in [1.29, 1.82) is 0 Å². The summed E-state index contributed by atoms with van der Waals surface area (Å²) >= 11 is 0. The van der Waals surface area contributed by atoms with Crippen molar-refractivity contribution in [1.82, 2.24) is 9.97 Å². The Labute approximate surface area is 111 Å². The van der Waals surface area contributed by atoms with E-state index in [4.69, 9.17) is 4.74 Å². The Bertz CT molecular complexity index is 524. The lowest BCUT2D eigenvalue weighted by Crippen LogP contribution is -2.02. The molecular formula is C15H14N2O2. The second-order valence-electron chi connectivity index (χ2n) is 3.79. The van der Waals surface area contributed by atoms with Crippen molar-refractivity contribution in [3.05, 3.63) is 66.3 Å². The highest BCUT2D eigenvalue weighted by Gasteiger charge is 2.08. The predicted molar refractivity (Wildman–Crippen MR) is 72.2 cm³/mol. The molecule has 0 fully saturated rings. The van der Waals surface area contributed by atoms with Crippen LogP contribution in [-0.4, -0.2) is 22.5 Å². The van der Waals surface area contributed by atoms with E-state index in [1.165, 1.54) is 6.08 Å². The Kier molecular flexibility index (Phi) is 4.39. The molecule has 2 aromatic rings. The first kappa shape index (κ1) is 13.0. The van der Waals surface area contributed by atoms with Gasteiger partial charge >= 0.3 is 5.97 Å². The van der Waals surface area contributed by atoms with E-state index in [0.29, 0.717) is 6.61 Å². The Balaban J connectivity index is 2.43. The molecule has 0 amide bonds. The van der Waals surface area contributed by atoms with Crippen LogP contribution in [0.15, 0.2) is 55.1 Å². The average molecular weight is 254 g/mol. The number of rotatable bonds is 4. The van der Waals surface area contributed by atoms with E-state index in [0.717, 1.165) is 16.7 Å². The molecule has 4 nitrogen and oxygen atoms in total. The number of carbonyl (C=O) groups excluding carboxylic acids is 1. The molecule has 0 saturated carbocycles. The summed E-state index contributed by atoms with van der Waals surface area (Å²) in [5.41, 5.74) is 2.45. The minimum Gasteiger partial charge on any atom is -0.463 e.